The lowest BCUT2D eigenvalue weighted by Crippen LogP contribution is -2.54. The second-order valence-electron chi connectivity index (χ2n) is 8.70. The lowest BCUT2D eigenvalue weighted by molar-refractivity contribution is -0.144. The van der Waals surface area contributed by atoms with Crippen molar-refractivity contribution < 1.29 is 33.4 Å². The first-order valence-electron chi connectivity index (χ1n) is 10.9. The van der Waals surface area contributed by atoms with Gasteiger partial charge in [-0.2, -0.15) is 0 Å². The highest BCUT2D eigenvalue weighted by molar-refractivity contribution is 5.95. The smallest absolute Gasteiger partial charge is 0.408 e. The summed E-state index contributed by atoms with van der Waals surface area (Å²) in [6.45, 7) is 9.79. The van der Waals surface area contributed by atoms with Gasteiger partial charge in [0.05, 0.1) is 13.5 Å². The number of nitrogens with two attached hydrogens (primary N) is 1. The zero-order valence-electron chi connectivity index (χ0n) is 20.8. The van der Waals surface area contributed by atoms with Crippen LogP contribution in [0.1, 0.15) is 44.4 Å². The maximum absolute atomic E-state index is 13.6. The van der Waals surface area contributed by atoms with Crippen LogP contribution >= 0.6 is 0 Å². The quantitative estimate of drug-likeness (QED) is 0.310. The van der Waals surface area contributed by atoms with Gasteiger partial charge in [-0.3, -0.25) is 19.2 Å². The number of amides is 4. The molecule has 192 valence electrons. The third-order valence-electron chi connectivity index (χ3n) is 4.68. The Labute approximate surface area is 205 Å². The van der Waals surface area contributed by atoms with Crippen molar-refractivity contribution in [1.29, 1.82) is 0 Å². The van der Waals surface area contributed by atoms with Crippen LogP contribution in [-0.2, 0) is 28.7 Å². The number of carbonyl (C=O) groups is 5. The highest BCUT2D eigenvalue weighted by Gasteiger charge is 2.37. The summed E-state index contributed by atoms with van der Waals surface area (Å²) in [6.07, 6.45) is -0.0695. The summed E-state index contributed by atoms with van der Waals surface area (Å²) in [6, 6.07) is 4.24. The molecule has 2 unspecified atom stereocenters. The normalized spacial score (nSPS) is 12.5. The van der Waals surface area contributed by atoms with Crippen LogP contribution in [0.2, 0.25) is 0 Å². The number of nitrogens with one attached hydrogen (secondary N) is 2. The van der Waals surface area contributed by atoms with E-state index in [0.717, 1.165) is 4.90 Å². The molecule has 0 aliphatic rings. The summed E-state index contributed by atoms with van der Waals surface area (Å²) in [5.41, 5.74) is 5.63. The Morgan fingerprint density at radius 1 is 1.17 bits per heavy atom. The highest BCUT2D eigenvalue weighted by atomic mass is 16.6. The van der Waals surface area contributed by atoms with Crippen molar-refractivity contribution in [2.24, 2.45) is 5.73 Å². The summed E-state index contributed by atoms with van der Waals surface area (Å²) in [5.74, 6) is -2.96. The van der Waals surface area contributed by atoms with Crippen LogP contribution in [0.25, 0.3) is 0 Å². The SMILES string of the molecule is C=CCN(C(=O)C(CC(N)=O)NC(=O)OC(C)(C)C)C(C(=O)NCC(=O)OC)c1ccccc1C. The van der Waals surface area contributed by atoms with Crippen molar-refractivity contribution in [2.75, 3.05) is 20.2 Å². The maximum Gasteiger partial charge on any atom is 0.408 e. The number of nitrogens with zero attached hydrogens (tertiary/aromatic N) is 1. The van der Waals surface area contributed by atoms with E-state index in [1.54, 1.807) is 52.0 Å². The van der Waals surface area contributed by atoms with Crippen molar-refractivity contribution >= 4 is 29.8 Å². The van der Waals surface area contributed by atoms with Crippen LogP contribution in [-0.4, -0.2) is 66.5 Å². The third-order valence-corrected chi connectivity index (χ3v) is 4.68. The number of ether oxygens (including phenoxy) is 2. The molecule has 0 bridgehead atoms. The summed E-state index contributed by atoms with van der Waals surface area (Å²) >= 11 is 0. The molecule has 0 fully saturated rings. The molecule has 0 saturated carbocycles. The Morgan fingerprint density at radius 2 is 1.80 bits per heavy atom. The van der Waals surface area contributed by atoms with Gasteiger partial charge in [-0.25, -0.2) is 4.79 Å². The average Bonchev–Trinajstić information content (AvgIpc) is 2.75. The van der Waals surface area contributed by atoms with E-state index in [9.17, 15) is 24.0 Å². The Kier molecular flexibility index (Phi) is 10.9. The van der Waals surface area contributed by atoms with Crippen molar-refractivity contribution in [1.82, 2.24) is 15.5 Å². The zero-order valence-corrected chi connectivity index (χ0v) is 20.8. The lowest BCUT2D eigenvalue weighted by Gasteiger charge is -2.34. The van der Waals surface area contributed by atoms with Crippen LogP contribution in [0.5, 0.6) is 0 Å². The Balaban J connectivity index is 3.45. The Hall–Kier alpha value is -3.89. The van der Waals surface area contributed by atoms with Gasteiger partial charge in [0.1, 0.15) is 24.2 Å². The minimum Gasteiger partial charge on any atom is -0.468 e. The van der Waals surface area contributed by atoms with E-state index >= 15 is 0 Å². The van der Waals surface area contributed by atoms with Gasteiger partial charge in [0.15, 0.2) is 0 Å². The van der Waals surface area contributed by atoms with Gasteiger partial charge in [-0.05, 0) is 38.8 Å². The largest absolute Gasteiger partial charge is 0.468 e. The standard InChI is InChI=1S/C24H34N4O7/c1-7-12-28(22(32)17(13-18(25)29)27-23(33)35-24(3,4)5)20(16-11-9-8-10-15(16)2)21(31)26-14-19(30)34-6/h7-11,17,20H,1,12-14H2,2-6H3,(H2,25,29)(H,26,31)(H,27,33). The Bertz CT molecular complexity index is 955. The molecule has 11 nitrogen and oxygen atoms in total. The molecule has 0 aromatic heterocycles. The minimum absolute atomic E-state index is 0.116. The molecule has 1 aromatic carbocycles. The van der Waals surface area contributed by atoms with Gasteiger partial charge in [-0.15, -0.1) is 6.58 Å². The lowest BCUT2D eigenvalue weighted by atomic mass is 9.97. The van der Waals surface area contributed by atoms with Crippen LogP contribution < -0.4 is 16.4 Å². The fraction of sp³-hybridized carbons (Fsp3) is 0.458. The van der Waals surface area contributed by atoms with E-state index in [-0.39, 0.29) is 6.54 Å². The average molecular weight is 491 g/mol. The molecule has 1 rings (SSSR count). The van der Waals surface area contributed by atoms with Crippen molar-refractivity contribution in [2.45, 2.75) is 51.8 Å². The van der Waals surface area contributed by atoms with Gasteiger partial charge in [0.2, 0.25) is 17.7 Å². The molecule has 0 heterocycles. The van der Waals surface area contributed by atoms with Gasteiger partial charge >= 0.3 is 12.1 Å². The first-order valence-corrected chi connectivity index (χ1v) is 10.9. The van der Waals surface area contributed by atoms with Gasteiger partial charge in [-0.1, -0.05) is 30.3 Å². The third kappa shape index (κ3) is 9.48. The first-order chi connectivity index (χ1) is 16.3. The van der Waals surface area contributed by atoms with E-state index in [4.69, 9.17) is 10.5 Å². The molecule has 35 heavy (non-hydrogen) atoms. The molecular formula is C24H34N4O7. The fourth-order valence-electron chi connectivity index (χ4n) is 3.19. The number of hydrogen-bond acceptors (Lipinski definition) is 7. The van der Waals surface area contributed by atoms with E-state index < -0.39 is 60.4 Å². The molecule has 11 heteroatoms. The molecule has 4 N–H and O–H groups in total. The van der Waals surface area contributed by atoms with Crippen molar-refractivity contribution in [3.8, 4) is 0 Å². The van der Waals surface area contributed by atoms with Crippen LogP contribution in [0.3, 0.4) is 0 Å². The van der Waals surface area contributed by atoms with Gasteiger partial charge in [0, 0.05) is 6.54 Å². The molecule has 0 aliphatic carbocycles. The highest BCUT2D eigenvalue weighted by Crippen LogP contribution is 2.26. The molecule has 0 saturated heterocycles. The number of carbonyl (C=O) groups excluding carboxylic acids is 5. The van der Waals surface area contributed by atoms with Crippen molar-refractivity contribution in [3.05, 3.63) is 48.0 Å². The monoisotopic (exact) mass is 490 g/mol. The maximum atomic E-state index is 13.6. The predicted molar refractivity (Wildman–Crippen MR) is 128 cm³/mol. The summed E-state index contributed by atoms with van der Waals surface area (Å²) < 4.78 is 9.77. The number of alkyl carbamates (subject to hydrolysis) is 1. The number of aryl methyl sites for hydroxylation is 1. The Morgan fingerprint density at radius 3 is 2.31 bits per heavy atom. The molecule has 4 amide bonds. The van der Waals surface area contributed by atoms with E-state index in [1.807, 2.05) is 0 Å². The number of hydrogen-bond donors (Lipinski definition) is 3. The first kappa shape index (κ1) is 29.1. The summed E-state index contributed by atoms with van der Waals surface area (Å²) in [4.78, 5) is 63.7. The van der Waals surface area contributed by atoms with Gasteiger partial charge < -0.3 is 30.7 Å². The summed E-state index contributed by atoms with van der Waals surface area (Å²) in [5, 5.41) is 4.83. The zero-order chi connectivity index (χ0) is 26.8. The van der Waals surface area contributed by atoms with Crippen LogP contribution in [0, 0.1) is 6.92 Å². The minimum atomic E-state index is -1.41. The molecule has 1 aromatic rings. The predicted octanol–water partition coefficient (Wildman–Crippen LogP) is 1.11. The van der Waals surface area contributed by atoms with Crippen LogP contribution in [0.4, 0.5) is 4.79 Å². The number of primary amides is 1. The van der Waals surface area contributed by atoms with E-state index in [0.29, 0.717) is 11.1 Å². The van der Waals surface area contributed by atoms with E-state index in [1.165, 1.54) is 13.2 Å². The molecule has 0 radical (unpaired) electrons. The second kappa shape index (κ2) is 13.1. The van der Waals surface area contributed by atoms with E-state index in [2.05, 4.69) is 21.9 Å². The number of rotatable bonds is 11. The second-order valence-corrected chi connectivity index (χ2v) is 8.70. The number of benzene rings is 1. The molecule has 0 aliphatic heterocycles. The number of methoxy groups -OCH3 is 1. The molecular weight excluding hydrogens is 456 g/mol. The van der Waals surface area contributed by atoms with Crippen LogP contribution in [0.15, 0.2) is 36.9 Å². The molecule has 0 spiro atoms. The van der Waals surface area contributed by atoms with Gasteiger partial charge in [0.25, 0.3) is 0 Å². The fourth-order valence-corrected chi connectivity index (χ4v) is 3.19. The molecule has 2 atom stereocenters. The number of esters is 1. The topological polar surface area (TPSA) is 157 Å². The van der Waals surface area contributed by atoms with Crippen molar-refractivity contribution in [3.63, 3.8) is 0 Å². The summed E-state index contributed by atoms with van der Waals surface area (Å²) in [7, 11) is 1.18.